The lowest BCUT2D eigenvalue weighted by Crippen LogP contribution is -2.28. The van der Waals surface area contributed by atoms with E-state index in [1.54, 1.807) is 37.3 Å². The van der Waals surface area contributed by atoms with Crippen molar-refractivity contribution >= 4 is 5.91 Å². The predicted octanol–water partition coefficient (Wildman–Crippen LogP) is 3.48. The summed E-state index contributed by atoms with van der Waals surface area (Å²) in [5, 5.41) is 4.08. The minimum atomic E-state index is -0.0824. The Kier molecular flexibility index (Phi) is 7.01. The molecule has 0 radical (unpaired) electrons. The number of hydrogen-bond acceptors (Lipinski definition) is 7. The number of aromatic nitrogens is 2. The van der Waals surface area contributed by atoms with Gasteiger partial charge in [0.25, 0.3) is 5.91 Å². The number of amides is 1. The first kappa shape index (κ1) is 21.8. The monoisotopic (exact) mass is 437 g/mol. The normalized spacial score (nSPS) is 15.7. The van der Waals surface area contributed by atoms with Gasteiger partial charge in [0, 0.05) is 25.6 Å². The molecule has 2 heterocycles. The summed E-state index contributed by atoms with van der Waals surface area (Å²) in [6.07, 6.45) is 1.35. The number of hydrogen-bond donors (Lipinski definition) is 0. The topological polar surface area (TPSA) is 86.9 Å². The Morgan fingerprint density at radius 2 is 2.00 bits per heavy atom. The lowest BCUT2D eigenvalue weighted by atomic mass is 10.1. The summed E-state index contributed by atoms with van der Waals surface area (Å²) >= 11 is 0. The zero-order valence-electron chi connectivity index (χ0n) is 18.3. The first-order valence-electron chi connectivity index (χ1n) is 10.6. The van der Waals surface area contributed by atoms with Gasteiger partial charge in [-0.2, -0.15) is 4.98 Å². The Bertz CT molecular complexity index is 1040. The van der Waals surface area contributed by atoms with Gasteiger partial charge in [0.15, 0.2) is 5.82 Å². The van der Waals surface area contributed by atoms with E-state index in [0.29, 0.717) is 61.5 Å². The number of ether oxygens (including phenoxy) is 3. The number of nitrogens with zero attached hydrogens (tertiary/aromatic N) is 3. The van der Waals surface area contributed by atoms with Gasteiger partial charge in [-0.1, -0.05) is 35.5 Å². The second-order valence-electron chi connectivity index (χ2n) is 7.64. The molecule has 32 heavy (non-hydrogen) atoms. The van der Waals surface area contributed by atoms with E-state index in [1.165, 1.54) is 0 Å². The largest absolute Gasteiger partial charge is 0.497 e. The van der Waals surface area contributed by atoms with Crippen LogP contribution < -0.4 is 9.47 Å². The summed E-state index contributed by atoms with van der Waals surface area (Å²) in [5.41, 5.74) is 1.64. The Labute approximate surface area is 187 Å². The van der Waals surface area contributed by atoms with Crippen LogP contribution in [0, 0.1) is 0 Å². The molecule has 0 saturated carbocycles. The maximum absolute atomic E-state index is 13.0. The summed E-state index contributed by atoms with van der Waals surface area (Å²) in [4.78, 5) is 19.3. The van der Waals surface area contributed by atoms with E-state index in [-0.39, 0.29) is 11.8 Å². The van der Waals surface area contributed by atoms with E-state index in [2.05, 4.69) is 10.1 Å². The highest BCUT2D eigenvalue weighted by atomic mass is 16.5. The second-order valence-corrected chi connectivity index (χ2v) is 7.64. The number of likely N-dealkylation sites (tertiary alicyclic amines) is 1. The zero-order chi connectivity index (χ0) is 22.3. The van der Waals surface area contributed by atoms with Crippen LogP contribution in [0.4, 0.5) is 0 Å². The second kappa shape index (κ2) is 10.3. The minimum absolute atomic E-state index is 0.0229. The molecule has 1 aliphatic rings. The summed E-state index contributed by atoms with van der Waals surface area (Å²) in [5.74, 6) is 2.27. The van der Waals surface area contributed by atoms with Crippen molar-refractivity contribution in [3.63, 3.8) is 0 Å². The van der Waals surface area contributed by atoms with E-state index < -0.39 is 0 Å². The van der Waals surface area contributed by atoms with Crippen LogP contribution in [-0.4, -0.2) is 54.9 Å². The quantitative estimate of drug-likeness (QED) is 0.474. The van der Waals surface area contributed by atoms with Crippen molar-refractivity contribution in [2.45, 2.75) is 25.4 Å². The fourth-order valence-corrected chi connectivity index (χ4v) is 3.75. The standard InChI is InChI=1S/C24H27N3O5/c1-29-19-8-9-20(21(14-19)30-2)24(28)27-12-10-18(15-27)23-25-22(26-32-23)11-13-31-16-17-6-4-3-5-7-17/h3-9,14,18H,10-13,15-16H2,1-2H3. The molecule has 0 N–H and O–H groups in total. The fraction of sp³-hybridized carbons (Fsp3) is 0.375. The van der Waals surface area contributed by atoms with Crippen LogP contribution in [0.15, 0.2) is 53.1 Å². The van der Waals surface area contributed by atoms with Gasteiger partial charge in [-0.05, 0) is 24.1 Å². The van der Waals surface area contributed by atoms with Crippen molar-refractivity contribution in [1.29, 1.82) is 0 Å². The van der Waals surface area contributed by atoms with E-state index in [0.717, 1.165) is 12.0 Å². The lowest BCUT2D eigenvalue weighted by molar-refractivity contribution is 0.0786. The van der Waals surface area contributed by atoms with Crippen LogP contribution in [-0.2, 0) is 17.8 Å². The zero-order valence-corrected chi connectivity index (χ0v) is 18.3. The van der Waals surface area contributed by atoms with Gasteiger partial charge in [-0.25, -0.2) is 0 Å². The van der Waals surface area contributed by atoms with E-state index in [9.17, 15) is 4.79 Å². The molecule has 0 aliphatic carbocycles. The van der Waals surface area contributed by atoms with Gasteiger partial charge < -0.3 is 23.6 Å². The van der Waals surface area contributed by atoms with E-state index in [1.807, 2.05) is 30.3 Å². The van der Waals surface area contributed by atoms with Crippen molar-refractivity contribution in [3.05, 3.63) is 71.4 Å². The molecule has 1 unspecified atom stereocenters. The van der Waals surface area contributed by atoms with Crippen molar-refractivity contribution in [2.24, 2.45) is 0 Å². The minimum Gasteiger partial charge on any atom is -0.497 e. The number of methoxy groups -OCH3 is 2. The lowest BCUT2D eigenvalue weighted by Gasteiger charge is -2.18. The van der Waals surface area contributed by atoms with Gasteiger partial charge in [0.2, 0.25) is 5.89 Å². The number of rotatable bonds is 9. The SMILES string of the molecule is COc1ccc(C(=O)N2CCC(c3nc(CCOCc4ccccc4)no3)C2)c(OC)c1. The molecule has 0 bridgehead atoms. The molecule has 4 rings (SSSR count). The van der Waals surface area contributed by atoms with Gasteiger partial charge in [-0.15, -0.1) is 0 Å². The first-order valence-corrected chi connectivity index (χ1v) is 10.6. The van der Waals surface area contributed by atoms with Gasteiger partial charge in [0.1, 0.15) is 11.5 Å². The molecular formula is C24H27N3O5. The van der Waals surface area contributed by atoms with E-state index >= 15 is 0 Å². The number of carbonyl (C=O) groups excluding carboxylic acids is 1. The Morgan fingerprint density at radius 1 is 1.16 bits per heavy atom. The third-order valence-electron chi connectivity index (χ3n) is 5.53. The molecule has 2 aromatic carbocycles. The van der Waals surface area contributed by atoms with Crippen LogP contribution in [0.5, 0.6) is 11.5 Å². The molecule has 0 spiro atoms. The van der Waals surface area contributed by atoms with Gasteiger partial charge in [0.05, 0.1) is 38.9 Å². The summed E-state index contributed by atoms with van der Waals surface area (Å²) in [6.45, 7) is 2.22. The molecule has 1 aromatic heterocycles. The molecule has 3 aromatic rings. The maximum atomic E-state index is 13.0. The molecule has 1 saturated heterocycles. The molecular weight excluding hydrogens is 410 g/mol. The van der Waals surface area contributed by atoms with Crippen LogP contribution in [0.3, 0.4) is 0 Å². The van der Waals surface area contributed by atoms with Crippen LogP contribution in [0.1, 0.15) is 40.0 Å². The van der Waals surface area contributed by atoms with Crippen LogP contribution in [0.2, 0.25) is 0 Å². The van der Waals surface area contributed by atoms with Crippen molar-refractivity contribution in [2.75, 3.05) is 33.9 Å². The third kappa shape index (κ3) is 5.08. The number of benzene rings is 2. The Hall–Kier alpha value is -3.39. The summed E-state index contributed by atoms with van der Waals surface area (Å²) in [6, 6.07) is 15.2. The molecule has 168 valence electrons. The molecule has 8 nitrogen and oxygen atoms in total. The van der Waals surface area contributed by atoms with Crippen LogP contribution >= 0.6 is 0 Å². The summed E-state index contributed by atoms with van der Waals surface area (Å²) < 4.78 is 21.8. The molecule has 1 amide bonds. The van der Waals surface area contributed by atoms with Crippen molar-refractivity contribution in [1.82, 2.24) is 15.0 Å². The van der Waals surface area contributed by atoms with Gasteiger partial charge >= 0.3 is 0 Å². The molecule has 1 aliphatic heterocycles. The van der Waals surface area contributed by atoms with Gasteiger partial charge in [-0.3, -0.25) is 4.79 Å². The fourth-order valence-electron chi connectivity index (χ4n) is 3.75. The predicted molar refractivity (Wildman–Crippen MR) is 117 cm³/mol. The highest BCUT2D eigenvalue weighted by molar-refractivity contribution is 5.97. The molecule has 1 fully saturated rings. The Morgan fingerprint density at radius 3 is 2.78 bits per heavy atom. The maximum Gasteiger partial charge on any atom is 0.257 e. The van der Waals surface area contributed by atoms with E-state index in [4.69, 9.17) is 18.7 Å². The highest BCUT2D eigenvalue weighted by Crippen LogP contribution is 2.30. The Balaban J connectivity index is 1.30. The smallest absolute Gasteiger partial charge is 0.257 e. The van der Waals surface area contributed by atoms with Crippen molar-refractivity contribution < 1.29 is 23.5 Å². The third-order valence-corrected chi connectivity index (χ3v) is 5.53. The average molecular weight is 437 g/mol. The summed E-state index contributed by atoms with van der Waals surface area (Å²) in [7, 11) is 3.12. The first-order chi connectivity index (χ1) is 15.7. The molecule has 8 heteroatoms. The highest BCUT2D eigenvalue weighted by Gasteiger charge is 2.32. The van der Waals surface area contributed by atoms with Crippen LogP contribution in [0.25, 0.3) is 0 Å². The molecule has 1 atom stereocenters. The average Bonchev–Trinajstić information content (AvgIpc) is 3.51. The van der Waals surface area contributed by atoms with Crippen molar-refractivity contribution in [3.8, 4) is 11.5 Å². The number of carbonyl (C=O) groups is 1.